The minimum absolute atomic E-state index is 0.0463. The Balaban J connectivity index is 2.00. The zero-order valence-corrected chi connectivity index (χ0v) is 25.2. The van der Waals surface area contributed by atoms with Crippen LogP contribution in [0.3, 0.4) is 0 Å². The van der Waals surface area contributed by atoms with Crippen molar-refractivity contribution >= 4 is 27.5 Å². The SMILES string of the molecule is CC[C@H](C)NC(=O)[C@@H](C)N(CCc1ccccc1)C(=O)CN(c1ccc(C)c(C)c1)S(=O)(=O)c1ccc(C)cc1. The van der Waals surface area contributed by atoms with E-state index in [0.29, 0.717) is 12.1 Å². The fourth-order valence-corrected chi connectivity index (χ4v) is 5.69. The molecule has 40 heavy (non-hydrogen) atoms. The summed E-state index contributed by atoms with van der Waals surface area (Å²) in [7, 11) is -4.08. The zero-order chi connectivity index (χ0) is 29.4. The van der Waals surface area contributed by atoms with Crippen LogP contribution in [0.25, 0.3) is 0 Å². The van der Waals surface area contributed by atoms with Gasteiger partial charge in [0.2, 0.25) is 11.8 Å². The summed E-state index contributed by atoms with van der Waals surface area (Å²) >= 11 is 0. The van der Waals surface area contributed by atoms with Crippen LogP contribution in [0.15, 0.2) is 77.7 Å². The van der Waals surface area contributed by atoms with Gasteiger partial charge >= 0.3 is 0 Å². The van der Waals surface area contributed by atoms with Gasteiger partial charge < -0.3 is 10.2 Å². The number of carbonyl (C=O) groups excluding carboxylic acids is 2. The van der Waals surface area contributed by atoms with Crippen molar-refractivity contribution in [2.45, 2.75) is 71.4 Å². The van der Waals surface area contributed by atoms with Gasteiger partial charge in [-0.25, -0.2) is 8.42 Å². The lowest BCUT2D eigenvalue weighted by Gasteiger charge is -2.32. The number of hydrogen-bond donors (Lipinski definition) is 1. The van der Waals surface area contributed by atoms with Gasteiger partial charge in [0, 0.05) is 12.6 Å². The van der Waals surface area contributed by atoms with Crippen molar-refractivity contribution in [2.75, 3.05) is 17.4 Å². The molecule has 0 spiro atoms. The molecule has 0 aliphatic rings. The molecule has 1 N–H and O–H groups in total. The summed E-state index contributed by atoms with van der Waals surface area (Å²) in [6.07, 6.45) is 1.29. The number of sulfonamides is 1. The zero-order valence-electron chi connectivity index (χ0n) is 24.3. The molecule has 3 aromatic rings. The summed E-state index contributed by atoms with van der Waals surface area (Å²) in [4.78, 5) is 28.7. The van der Waals surface area contributed by atoms with E-state index in [9.17, 15) is 18.0 Å². The quantitative estimate of drug-likeness (QED) is 0.329. The Hall–Kier alpha value is -3.65. The second-order valence-electron chi connectivity index (χ2n) is 10.4. The van der Waals surface area contributed by atoms with E-state index in [-0.39, 0.29) is 23.4 Å². The summed E-state index contributed by atoms with van der Waals surface area (Å²) in [5, 5.41) is 2.96. The van der Waals surface area contributed by atoms with E-state index < -0.39 is 28.5 Å². The number of carbonyl (C=O) groups is 2. The predicted molar refractivity (Wildman–Crippen MR) is 161 cm³/mol. The van der Waals surface area contributed by atoms with Gasteiger partial charge in [-0.3, -0.25) is 13.9 Å². The van der Waals surface area contributed by atoms with Crippen LogP contribution in [0, 0.1) is 20.8 Å². The monoisotopic (exact) mass is 563 g/mol. The standard InChI is InChI=1S/C32H41N3O4S/c1-7-26(5)33-32(37)27(6)34(20-19-28-11-9-8-10-12-28)31(36)22-35(29-16-15-24(3)25(4)21-29)40(38,39)30-17-13-23(2)14-18-30/h8-18,21,26-27H,7,19-20,22H2,1-6H3,(H,33,37)/t26-,27+/m0/s1. The average molecular weight is 564 g/mol. The molecule has 0 aromatic heterocycles. The first-order chi connectivity index (χ1) is 18.9. The third-order valence-corrected chi connectivity index (χ3v) is 9.11. The van der Waals surface area contributed by atoms with Crippen molar-refractivity contribution in [3.8, 4) is 0 Å². The number of aryl methyl sites for hydroxylation is 3. The maximum absolute atomic E-state index is 14.0. The van der Waals surface area contributed by atoms with E-state index >= 15 is 0 Å². The first-order valence-corrected chi connectivity index (χ1v) is 15.2. The molecule has 0 saturated heterocycles. The highest BCUT2D eigenvalue weighted by atomic mass is 32.2. The summed E-state index contributed by atoms with van der Waals surface area (Å²) in [5.41, 5.74) is 4.28. The van der Waals surface area contributed by atoms with Crippen molar-refractivity contribution in [1.29, 1.82) is 0 Å². The molecule has 0 heterocycles. The summed E-state index contributed by atoms with van der Waals surface area (Å²) in [6.45, 7) is 11.2. The van der Waals surface area contributed by atoms with Gasteiger partial charge in [0.05, 0.1) is 10.6 Å². The first-order valence-electron chi connectivity index (χ1n) is 13.7. The Morgan fingerprint density at radius 3 is 2.12 bits per heavy atom. The second-order valence-corrected chi connectivity index (χ2v) is 12.3. The van der Waals surface area contributed by atoms with Crippen molar-refractivity contribution in [3.05, 3.63) is 95.1 Å². The normalized spacial score (nSPS) is 12.8. The van der Waals surface area contributed by atoms with Gasteiger partial charge in [-0.1, -0.05) is 61.0 Å². The molecule has 0 unspecified atom stereocenters. The fraction of sp³-hybridized carbons (Fsp3) is 0.375. The second kappa shape index (κ2) is 13.6. The Morgan fingerprint density at radius 2 is 1.52 bits per heavy atom. The highest BCUT2D eigenvalue weighted by Crippen LogP contribution is 2.26. The third kappa shape index (κ3) is 7.72. The van der Waals surface area contributed by atoms with Gasteiger partial charge in [0.15, 0.2) is 0 Å². The van der Waals surface area contributed by atoms with Gasteiger partial charge in [-0.05, 0) is 88.4 Å². The molecule has 0 aliphatic heterocycles. The molecule has 8 heteroatoms. The number of benzene rings is 3. The minimum atomic E-state index is -4.08. The highest BCUT2D eigenvalue weighted by Gasteiger charge is 2.32. The molecule has 0 fully saturated rings. The van der Waals surface area contributed by atoms with E-state index in [1.54, 1.807) is 43.3 Å². The number of hydrogen-bond acceptors (Lipinski definition) is 4. The Morgan fingerprint density at radius 1 is 0.875 bits per heavy atom. The molecule has 3 rings (SSSR count). The van der Waals surface area contributed by atoms with Gasteiger partial charge in [-0.15, -0.1) is 0 Å². The Labute approximate surface area is 239 Å². The largest absolute Gasteiger partial charge is 0.352 e. The molecule has 0 aliphatic carbocycles. The first kappa shape index (κ1) is 30.9. The van der Waals surface area contributed by atoms with Crippen molar-refractivity contribution in [1.82, 2.24) is 10.2 Å². The molecule has 0 bridgehead atoms. The number of amides is 2. The van der Waals surface area contributed by atoms with Crippen molar-refractivity contribution < 1.29 is 18.0 Å². The van der Waals surface area contributed by atoms with Crippen molar-refractivity contribution in [3.63, 3.8) is 0 Å². The lowest BCUT2D eigenvalue weighted by molar-refractivity contribution is -0.139. The molecular weight excluding hydrogens is 522 g/mol. The molecular formula is C32H41N3O4S. The van der Waals surface area contributed by atoms with Crippen LogP contribution in [0.4, 0.5) is 5.69 Å². The average Bonchev–Trinajstić information content (AvgIpc) is 2.93. The summed E-state index contributed by atoms with van der Waals surface area (Å²) in [6, 6.07) is 20.8. The highest BCUT2D eigenvalue weighted by molar-refractivity contribution is 7.92. The molecule has 0 saturated carbocycles. The Bertz CT molecular complexity index is 1410. The van der Waals surface area contributed by atoms with E-state index in [2.05, 4.69) is 5.32 Å². The molecule has 3 aromatic carbocycles. The Kier molecular flexibility index (Phi) is 10.5. The molecule has 214 valence electrons. The number of nitrogens with one attached hydrogen (secondary N) is 1. The van der Waals surface area contributed by atoms with Gasteiger partial charge in [0.1, 0.15) is 12.6 Å². The fourth-order valence-electron chi connectivity index (χ4n) is 4.28. The molecule has 7 nitrogen and oxygen atoms in total. The molecule has 0 radical (unpaired) electrons. The van der Waals surface area contributed by atoms with Crippen molar-refractivity contribution in [2.24, 2.45) is 0 Å². The lowest BCUT2D eigenvalue weighted by atomic mass is 10.1. The maximum atomic E-state index is 14.0. The summed E-state index contributed by atoms with van der Waals surface area (Å²) in [5.74, 6) is -0.716. The van der Waals surface area contributed by atoms with Gasteiger partial charge in [-0.2, -0.15) is 0 Å². The van der Waals surface area contributed by atoms with Crippen LogP contribution < -0.4 is 9.62 Å². The van der Waals surface area contributed by atoms with Crippen LogP contribution in [0.2, 0.25) is 0 Å². The number of nitrogens with zero attached hydrogens (tertiary/aromatic N) is 2. The van der Waals surface area contributed by atoms with Crippen LogP contribution in [-0.4, -0.2) is 50.3 Å². The number of rotatable bonds is 12. The van der Waals surface area contributed by atoms with E-state index in [4.69, 9.17) is 0 Å². The van der Waals surface area contributed by atoms with Crippen LogP contribution in [0.5, 0.6) is 0 Å². The number of anilines is 1. The smallest absolute Gasteiger partial charge is 0.264 e. The summed E-state index contributed by atoms with van der Waals surface area (Å²) < 4.78 is 29.0. The van der Waals surface area contributed by atoms with E-state index in [1.165, 1.54) is 4.90 Å². The maximum Gasteiger partial charge on any atom is 0.264 e. The predicted octanol–water partition coefficient (Wildman–Crippen LogP) is 5.18. The molecule has 2 atom stereocenters. The van der Waals surface area contributed by atoms with Gasteiger partial charge in [0.25, 0.3) is 10.0 Å². The van der Waals surface area contributed by atoms with Crippen LogP contribution in [0.1, 0.15) is 49.4 Å². The molecule has 2 amide bonds. The topological polar surface area (TPSA) is 86.8 Å². The van der Waals surface area contributed by atoms with E-state index in [1.807, 2.05) is 71.0 Å². The third-order valence-electron chi connectivity index (χ3n) is 7.32. The van der Waals surface area contributed by atoms with Crippen LogP contribution >= 0.6 is 0 Å². The van der Waals surface area contributed by atoms with Crippen LogP contribution in [-0.2, 0) is 26.0 Å². The lowest BCUT2D eigenvalue weighted by Crippen LogP contribution is -2.53. The van der Waals surface area contributed by atoms with E-state index in [0.717, 1.165) is 33.0 Å². The minimum Gasteiger partial charge on any atom is -0.352 e.